The first-order valence-electron chi connectivity index (χ1n) is 12.0. The van der Waals surface area contributed by atoms with Crippen molar-refractivity contribution in [3.63, 3.8) is 0 Å². The summed E-state index contributed by atoms with van der Waals surface area (Å²) in [6.45, 7) is 6.27. The van der Waals surface area contributed by atoms with Gasteiger partial charge in [-0.1, -0.05) is 30.7 Å². The highest BCUT2D eigenvalue weighted by atomic mass is 16.1. The maximum absolute atomic E-state index is 12.7. The number of rotatable bonds is 6. The van der Waals surface area contributed by atoms with Gasteiger partial charge in [0.15, 0.2) is 0 Å². The Kier molecular flexibility index (Phi) is 6.51. The molecule has 5 rings (SSSR count). The minimum atomic E-state index is -0.0219. The Labute approximate surface area is 189 Å². The molecular formula is C26H33N5O. The molecule has 2 aliphatic rings. The number of fused-ring (bicyclic) bond motifs is 1. The zero-order valence-electron chi connectivity index (χ0n) is 18.7. The predicted molar refractivity (Wildman–Crippen MR) is 129 cm³/mol. The lowest BCUT2D eigenvalue weighted by Crippen LogP contribution is -2.35. The van der Waals surface area contributed by atoms with Crippen molar-refractivity contribution in [1.82, 2.24) is 25.5 Å². The van der Waals surface area contributed by atoms with Crippen LogP contribution in [0.1, 0.15) is 48.0 Å². The van der Waals surface area contributed by atoms with Crippen LogP contribution in [0, 0.1) is 5.92 Å². The van der Waals surface area contributed by atoms with E-state index >= 15 is 0 Å². The fraction of sp³-hybridized carbons (Fsp3) is 0.462. The fourth-order valence-corrected chi connectivity index (χ4v) is 4.93. The van der Waals surface area contributed by atoms with E-state index in [-0.39, 0.29) is 5.91 Å². The van der Waals surface area contributed by atoms with Crippen LogP contribution in [0.25, 0.3) is 22.3 Å². The Balaban J connectivity index is 1.25. The molecule has 2 aliphatic heterocycles. The number of nitrogens with zero attached hydrogens (tertiary/aromatic N) is 2. The molecule has 6 heteroatoms. The van der Waals surface area contributed by atoms with E-state index in [0.29, 0.717) is 11.5 Å². The molecule has 0 unspecified atom stereocenters. The number of likely N-dealkylation sites (tertiary alicyclic amines) is 1. The predicted octanol–water partition coefficient (Wildman–Crippen LogP) is 3.95. The smallest absolute Gasteiger partial charge is 0.253 e. The van der Waals surface area contributed by atoms with Gasteiger partial charge in [0, 0.05) is 30.2 Å². The van der Waals surface area contributed by atoms with Gasteiger partial charge in [-0.3, -0.25) is 9.69 Å². The number of hydrogen-bond acceptors (Lipinski definition) is 4. The van der Waals surface area contributed by atoms with Crippen LogP contribution in [0.5, 0.6) is 0 Å². The molecule has 6 nitrogen and oxygen atoms in total. The minimum Gasteiger partial charge on any atom is -0.352 e. The van der Waals surface area contributed by atoms with Crippen LogP contribution in [-0.4, -0.2) is 53.5 Å². The first-order valence-corrected chi connectivity index (χ1v) is 12.0. The first-order chi connectivity index (χ1) is 15.8. The number of carbonyl (C=O) groups excluding carboxylic acids is 1. The van der Waals surface area contributed by atoms with E-state index < -0.39 is 0 Å². The van der Waals surface area contributed by atoms with Gasteiger partial charge in [-0.2, -0.15) is 0 Å². The van der Waals surface area contributed by atoms with Crippen molar-refractivity contribution in [3.8, 4) is 11.3 Å². The molecule has 0 atom stereocenters. The zero-order valence-corrected chi connectivity index (χ0v) is 18.7. The summed E-state index contributed by atoms with van der Waals surface area (Å²) in [5, 5.41) is 7.35. The lowest BCUT2D eigenvalue weighted by Gasteiger charge is -2.26. The van der Waals surface area contributed by atoms with Crippen LogP contribution in [0.15, 0.2) is 42.6 Å². The van der Waals surface area contributed by atoms with Crippen LogP contribution in [-0.2, 0) is 6.54 Å². The normalized spacial score (nSPS) is 18.1. The average molecular weight is 432 g/mol. The number of carbonyl (C=O) groups is 1. The highest BCUT2D eigenvalue weighted by Gasteiger charge is 2.17. The van der Waals surface area contributed by atoms with Crippen LogP contribution in [0.4, 0.5) is 0 Å². The fourth-order valence-electron chi connectivity index (χ4n) is 4.93. The largest absolute Gasteiger partial charge is 0.352 e. The molecule has 2 saturated heterocycles. The average Bonchev–Trinajstić information content (AvgIpc) is 3.28. The van der Waals surface area contributed by atoms with Gasteiger partial charge in [0.1, 0.15) is 5.65 Å². The van der Waals surface area contributed by atoms with Gasteiger partial charge in [-0.05, 0) is 75.5 Å². The Hall–Kier alpha value is -2.70. The lowest BCUT2D eigenvalue weighted by atomic mass is 9.98. The zero-order chi connectivity index (χ0) is 21.8. The SMILES string of the molecule is O=C(NCC1CCNCC1)c1c[nH]c2nc(-c3ccc(CN4CCCCC4)cc3)ccc12. The summed E-state index contributed by atoms with van der Waals surface area (Å²) in [4.78, 5) is 23.3. The molecule has 168 valence electrons. The number of aromatic amines is 1. The quantitative estimate of drug-likeness (QED) is 0.553. The summed E-state index contributed by atoms with van der Waals surface area (Å²) in [6, 6.07) is 12.8. The Morgan fingerprint density at radius 2 is 1.81 bits per heavy atom. The van der Waals surface area contributed by atoms with Gasteiger partial charge in [0.2, 0.25) is 0 Å². The Bertz CT molecular complexity index is 1050. The summed E-state index contributed by atoms with van der Waals surface area (Å²) < 4.78 is 0. The molecule has 2 aromatic heterocycles. The van der Waals surface area contributed by atoms with E-state index in [1.54, 1.807) is 6.20 Å². The summed E-state index contributed by atoms with van der Waals surface area (Å²) in [5.74, 6) is 0.541. The van der Waals surface area contributed by atoms with Crippen LogP contribution < -0.4 is 10.6 Å². The molecule has 1 amide bonds. The maximum atomic E-state index is 12.7. The van der Waals surface area contributed by atoms with Crippen molar-refractivity contribution < 1.29 is 4.79 Å². The van der Waals surface area contributed by atoms with Crippen LogP contribution in [0.2, 0.25) is 0 Å². The number of nitrogens with one attached hydrogen (secondary N) is 3. The van der Waals surface area contributed by atoms with E-state index in [4.69, 9.17) is 4.98 Å². The molecular weight excluding hydrogens is 398 g/mol. The number of aromatic nitrogens is 2. The monoisotopic (exact) mass is 431 g/mol. The van der Waals surface area contributed by atoms with Crippen molar-refractivity contribution in [2.24, 2.45) is 5.92 Å². The van der Waals surface area contributed by atoms with Crippen molar-refractivity contribution in [2.75, 3.05) is 32.7 Å². The van der Waals surface area contributed by atoms with E-state index in [1.807, 2.05) is 12.1 Å². The third kappa shape index (κ3) is 4.87. The third-order valence-electron chi connectivity index (χ3n) is 6.90. The second-order valence-electron chi connectivity index (χ2n) is 9.23. The summed E-state index contributed by atoms with van der Waals surface area (Å²) in [6.07, 6.45) is 8.02. The van der Waals surface area contributed by atoms with Crippen molar-refractivity contribution >= 4 is 16.9 Å². The molecule has 1 aromatic carbocycles. The standard InChI is InChI=1S/C26H33N5O/c32-26(29-16-19-10-12-27-13-11-19)23-17-28-25-22(23)8-9-24(30-25)21-6-4-20(5-7-21)18-31-14-2-1-3-15-31/h4-9,17,19,27H,1-3,10-16,18H2,(H,28,30)(H,29,32). The summed E-state index contributed by atoms with van der Waals surface area (Å²) in [5.41, 5.74) is 4.80. The number of piperidine rings is 2. The van der Waals surface area contributed by atoms with E-state index in [1.165, 1.54) is 37.9 Å². The van der Waals surface area contributed by atoms with E-state index in [0.717, 1.165) is 61.3 Å². The number of pyridine rings is 1. The second kappa shape index (κ2) is 9.84. The van der Waals surface area contributed by atoms with Gasteiger partial charge < -0.3 is 15.6 Å². The molecule has 0 bridgehead atoms. The molecule has 0 aliphatic carbocycles. The summed E-state index contributed by atoms with van der Waals surface area (Å²) in [7, 11) is 0. The van der Waals surface area contributed by atoms with E-state index in [9.17, 15) is 4.79 Å². The molecule has 3 aromatic rings. The van der Waals surface area contributed by atoms with E-state index in [2.05, 4.69) is 44.8 Å². The number of hydrogen-bond donors (Lipinski definition) is 3. The Morgan fingerprint density at radius 3 is 2.59 bits per heavy atom. The van der Waals surface area contributed by atoms with Crippen molar-refractivity contribution in [2.45, 2.75) is 38.6 Å². The van der Waals surface area contributed by atoms with Crippen molar-refractivity contribution in [1.29, 1.82) is 0 Å². The molecule has 3 N–H and O–H groups in total. The van der Waals surface area contributed by atoms with Gasteiger partial charge >= 0.3 is 0 Å². The number of benzene rings is 1. The van der Waals surface area contributed by atoms with Gasteiger partial charge in [-0.25, -0.2) is 4.98 Å². The number of amides is 1. The second-order valence-corrected chi connectivity index (χ2v) is 9.23. The summed E-state index contributed by atoms with van der Waals surface area (Å²) >= 11 is 0. The first kappa shape index (κ1) is 21.2. The van der Waals surface area contributed by atoms with Crippen molar-refractivity contribution in [3.05, 3.63) is 53.7 Å². The molecule has 0 saturated carbocycles. The van der Waals surface area contributed by atoms with Gasteiger partial charge in [0.25, 0.3) is 5.91 Å². The third-order valence-corrected chi connectivity index (χ3v) is 6.90. The molecule has 2 fully saturated rings. The molecule has 4 heterocycles. The lowest BCUT2D eigenvalue weighted by molar-refractivity contribution is 0.0946. The van der Waals surface area contributed by atoms with Crippen LogP contribution >= 0.6 is 0 Å². The van der Waals surface area contributed by atoms with Crippen LogP contribution in [0.3, 0.4) is 0 Å². The molecule has 0 spiro atoms. The molecule has 32 heavy (non-hydrogen) atoms. The highest BCUT2D eigenvalue weighted by Crippen LogP contribution is 2.24. The van der Waals surface area contributed by atoms with Gasteiger partial charge in [-0.15, -0.1) is 0 Å². The Morgan fingerprint density at radius 1 is 1.03 bits per heavy atom. The van der Waals surface area contributed by atoms with Gasteiger partial charge in [0.05, 0.1) is 11.3 Å². The minimum absolute atomic E-state index is 0.0219. The topological polar surface area (TPSA) is 73.0 Å². The highest BCUT2D eigenvalue weighted by molar-refractivity contribution is 6.06. The number of H-pyrrole nitrogens is 1. The maximum Gasteiger partial charge on any atom is 0.253 e. The molecule has 0 radical (unpaired) electrons.